The fourth-order valence-corrected chi connectivity index (χ4v) is 1.50. The zero-order valence-corrected chi connectivity index (χ0v) is 8.06. The third kappa shape index (κ3) is 4.41. The molecule has 0 radical (unpaired) electrons. The molecule has 0 saturated heterocycles. The Morgan fingerprint density at radius 3 is 2.58 bits per heavy atom. The number of nitrogens with two attached hydrogens (primary N) is 1. The highest BCUT2D eigenvalue weighted by atomic mass is 32.1. The molecule has 4 heteroatoms. The van der Waals surface area contributed by atoms with Crippen LogP contribution in [0.25, 0.3) is 0 Å². The lowest BCUT2D eigenvalue weighted by Crippen LogP contribution is -2.18. The van der Waals surface area contributed by atoms with Crippen LogP contribution in [0.4, 0.5) is 0 Å². The van der Waals surface area contributed by atoms with Gasteiger partial charge in [0.1, 0.15) is 0 Å². The van der Waals surface area contributed by atoms with Crippen molar-refractivity contribution in [3.63, 3.8) is 0 Å². The molecule has 0 aliphatic carbocycles. The van der Waals surface area contributed by atoms with E-state index in [0.29, 0.717) is 11.4 Å². The quantitative estimate of drug-likeness (QED) is 0.616. The van der Waals surface area contributed by atoms with Gasteiger partial charge < -0.3 is 10.8 Å². The first-order chi connectivity index (χ1) is 5.61. The topological polar surface area (TPSA) is 63.3 Å². The van der Waals surface area contributed by atoms with Crippen LogP contribution in [0.3, 0.4) is 0 Å². The van der Waals surface area contributed by atoms with Crippen molar-refractivity contribution in [3.05, 3.63) is 0 Å². The smallest absolute Gasteiger partial charge is 0.308 e. The molecule has 3 nitrogen and oxygen atoms in total. The largest absolute Gasteiger partial charge is 0.481 e. The molecule has 0 heterocycles. The van der Waals surface area contributed by atoms with Crippen molar-refractivity contribution in [1.29, 1.82) is 0 Å². The number of rotatable bonds is 6. The van der Waals surface area contributed by atoms with Crippen LogP contribution >= 0.6 is 12.2 Å². The van der Waals surface area contributed by atoms with Crippen LogP contribution in [-0.4, -0.2) is 22.5 Å². The minimum atomic E-state index is -0.851. The van der Waals surface area contributed by atoms with Gasteiger partial charge in [0.15, 0.2) is 0 Å². The predicted molar refractivity (Wildman–Crippen MR) is 52.3 cm³/mol. The Morgan fingerprint density at radius 1 is 1.67 bits per heavy atom. The van der Waals surface area contributed by atoms with Crippen LogP contribution in [-0.2, 0) is 4.79 Å². The van der Waals surface area contributed by atoms with E-state index in [0.717, 1.165) is 12.8 Å². The first-order valence-electron chi connectivity index (χ1n) is 4.06. The summed E-state index contributed by atoms with van der Waals surface area (Å²) in [6.45, 7) is 2.56. The molecule has 0 aliphatic rings. The van der Waals surface area contributed by atoms with Gasteiger partial charge in [-0.15, -0.1) is 0 Å². The Hall–Kier alpha value is -0.480. The van der Waals surface area contributed by atoms with Crippen molar-refractivity contribution in [2.45, 2.75) is 26.2 Å². The molecular formula is C8H15NO2S. The van der Waals surface area contributed by atoms with Gasteiger partial charge >= 0.3 is 5.97 Å². The highest BCUT2D eigenvalue weighted by Crippen LogP contribution is 2.12. The van der Waals surface area contributed by atoms with Gasteiger partial charge in [0, 0.05) is 4.86 Å². The fourth-order valence-electron chi connectivity index (χ4n) is 1.09. The second-order valence-electron chi connectivity index (χ2n) is 2.72. The molecule has 0 fully saturated rings. The second kappa shape index (κ2) is 6.08. The first-order valence-corrected chi connectivity index (χ1v) is 4.47. The van der Waals surface area contributed by atoms with Crippen LogP contribution in [0.1, 0.15) is 26.2 Å². The average Bonchev–Trinajstić information content (AvgIpc) is 1.98. The number of thiocarbonyl (C=S) groups is 1. The van der Waals surface area contributed by atoms with Crippen molar-refractivity contribution in [2.75, 3.05) is 6.54 Å². The summed E-state index contributed by atoms with van der Waals surface area (Å²) in [6, 6.07) is 0. The van der Waals surface area contributed by atoms with E-state index in [9.17, 15) is 4.79 Å². The Labute approximate surface area is 77.9 Å². The molecule has 1 unspecified atom stereocenters. The number of carbonyl (C=O) groups is 1. The van der Waals surface area contributed by atoms with Gasteiger partial charge in [-0.3, -0.25) is 4.79 Å². The van der Waals surface area contributed by atoms with Crippen molar-refractivity contribution < 1.29 is 9.90 Å². The van der Waals surface area contributed by atoms with E-state index in [-0.39, 0.29) is 12.3 Å². The summed E-state index contributed by atoms with van der Waals surface area (Å²) < 4.78 is 0. The molecule has 1 atom stereocenters. The number of aliphatic carboxylic acids is 1. The maximum Gasteiger partial charge on any atom is 0.308 e. The van der Waals surface area contributed by atoms with Gasteiger partial charge in [-0.2, -0.15) is 0 Å². The van der Waals surface area contributed by atoms with Gasteiger partial charge in [0.25, 0.3) is 0 Å². The van der Waals surface area contributed by atoms with E-state index in [1.165, 1.54) is 0 Å². The lowest BCUT2D eigenvalue weighted by molar-refractivity contribution is -0.135. The first kappa shape index (κ1) is 11.5. The van der Waals surface area contributed by atoms with E-state index in [1.807, 2.05) is 6.92 Å². The van der Waals surface area contributed by atoms with Gasteiger partial charge in [0.05, 0.1) is 6.42 Å². The molecule has 0 spiro atoms. The summed E-state index contributed by atoms with van der Waals surface area (Å²) in [5, 5.41) is 8.48. The van der Waals surface area contributed by atoms with Crippen LogP contribution in [0.15, 0.2) is 0 Å². The highest BCUT2D eigenvalue weighted by Gasteiger charge is 2.13. The monoisotopic (exact) mass is 189 g/mol. The summed E-state index contributed by atoms with van der Waals surface area (Å²) in [4.78, 5) is 10.9. The molecule has 0 aromatic heterocycles. The zero-order valence-electron chi connectivity index (χ0n) is 7.25. The van der Waals surface area contributed by atoms with E-state index in [2.05, 4.69) is 0 Å². The normalized spacial score (nSPS) is 12.5. The Balaban J connectivity index is 3.93. The Kier molecular flexibility index (Phi) is 5.84. The lowest BCUT2D eigenvalue weighted by atomic mass is 9.96. The molecule has 0 bridgehead atoms. The molecule has 70 valence electrons. The van der Waals surface area contributed by atoms with Crippen molar-refractivity contribution in [3.8, 4) is 0 Å². The molecule has 12 heavy (non-hydrogen) atoms. The average molecular weight is 189 g/mol. The van der Waals surface area contributed by atoms with E-state index >= 15 is 0 Å². The third-order valence-electron chi connectivity index (χ3n) is 1.79. The van der Waals surface area contributed by atoms with Crippen molar-refractivity contribution in [2.24, 2.45) is 11.7 Å². The number of hydrogen-bond acceptors (Lipinski definition) is 3. The highest BCUT2D eigenvalue weighted by molar-refractivity contribution is 7.80. The van der Waals surface area contributed by atoms with Gasteiger partial charge in [-0.05, 0) is 25.3 Å². The SMILES string of the molecule is CCC(CCN)C(=S)CC(=O)O. The maximum absolute atomic E-state index is 10.3. The maximum atomic E-state index is 10.3. The standard InChI is InChI=1S/C8H15NO2S/c1-2-6(3-4-9)7(12)5-8(10)11/h6H,2-5,9H2,1H3,(H,10,11). The summed E-state index contributed by atoms with van der Waals surface area (Å²) in [5.41, 5.74) is 5.37. The number of hydrogen-bond donors (Lipinski definition) is 2. The molecule has 0 aromatic rings. The molecule has 0 aromatic carbocycles. The van der Waals surface area contributed by atoms with Crippen LogP contribution in [0.5, 0.6) is 0 Å². The van der Waals surface area contributed by atoms with Gasteiger partial charge in [-0.25, -0.2) is 0 Å². The van der Waals surface area contributed by atoms with Crippen LogP contribution in [0, 0.1) is 5.92 Å². The molecule has 0 aliphatic heterocycles. The molecule has 3 N–H and O–H groups in total. The summed E-state index contributed by atoms with van der Waals surface area (Å²) >= 11 is 4.98. The summed E-state index contributed by atoms with van der Waals surface area (Å²) in [5.74, 6) is -0.656. The molecular weight excluding hydrogens is 174 g/mol. The van der Waals surface area contributed by atoms with Crippen molar-refractivity contribution in [1.82, 2.24) is 0 Å². The summed E-state index contributed by atoms with van der Waals surface area (Å²) in [6.07, 6.45) is 1.67. The Bertz CT molecular complexity index is 170. The zero-order chi connectivity index (χ0) is 9.56. The van der Waals surface area contributed by atoms with E-state index in [4.69, 9.17) is 23.1 Å². The fraction of sp³-hybridized carbons (Fsp3) is 0.750. The Morgan fingerprint density at radius 2 is 2.25 bits per heavy atom. The minimum absolute atomic E-state index is 0.00611. The van der Waals surface area contributed by atoms with E-state index in [1.54, 1.807) is 0 Å². The van der Waals surface area contributed by atoms with E-state index < -0.39 is 5.97 Å². The van der Waals surface area contributed by atoms with Gasteiger partial charge in [-0.1, -0.05) is 19.1 Å². The van der Waals surface area contributed by atoms with Gasteiger partial charge in [0.2, 0.25) is 0 Å². The number of carboxylic acids is 1. The molecule has 0 saturated carbocycles. The van der Waals surface area contributed by atoms with Crippen molar-refractivity contribution >= 4 is 23.1 Å². The second-order valence-corrected chi connectivity index (χ2v) is 3.24. The number of carboxylic acid groups (broad SMARTS) is 1. The third-order valence-corrected chi connectivity index (χ3v) is 2.27. The molecule has 0 rings (SSSR count). The predicted octanol–water partition coefficient (Wildman–Crippen LogP) is 1.21. The summed E-state index contributed by atoms with van der Waals surface area (Å²) in [7, 11) is 0. The lowest BCUT2D eigenvalue weighted by Gasteiger charge is -2.13. The minimum Gasteiger partial charge on any atom is -0.481 e. The van der Waals surface area contributed by atoms with Crippen LogP contribution < -0.4 is 5.73 Å². The van der Waals surface area contributed by atoms with Crippen LogP contribution in [0.2, 0.25) is 0 Å². The molecule has 0 amide bonds.